The Morgan fingerprint density at radius 2 is 1.68 bits per heavy atom. The molecule has 0 saturated heterocycles. The second-order valence-corrected chi connectivity index (χ2v) is 8.36. The number of rotatable bonds is 9. The maximum absolute atomic E-state index is 13.1. The predicted molar refractivity (Wildman–Crippen MR) is 117 cm³/mol. The summed E-state index contributed by atoms with van der Waals surface area (Å²) in [5.74, 6) is 0.868. The molecule has 1 heterocycles. The Hall–Kier alpha value is -3.15. The summed E-state index contributed by atoms with van der Waals surface area (Å²) in [7, 11) is 1.63. The SMILES string of the molecule is COc1ccc(CN(C(=O)CCCN2C(=O)c3ccccc3C2=O)C(C)C2CC2)cc1. The van der Waals surface area contributed by atoms with E-state index < -0.39 is 0 Å². The third-order valence-electron chi connectivity index (χ3n) is 6.28. The zero-order chi connectivity index (χ0) is 22.0. The van der Waals surface area contributed by atoms with Crippen molar-refractivity contribution in [3.8, 4) is 5.75 Å². The molecule has 2 aromatic carbocycles. The standard InChI is InChI=1S/C25H28N2O4/c1-17(19-11-12-19)27(16-18-9-13-20(31-2)14-10-18)23(28)8-5-15-26-24(29)21-6-3-4-7-22(21)25(26)30/h3-4,6-7,9-10,13-14,17,19H,5,8,11-12,15-16H2,1-2H3. The normalized spacial score (nSPS) is 16.3. The molecule has 1 saturated carbocycles. The maximum atomic E-state index is 13.1. The number of nitrogens with zero attached hydrogens (tertiary/aromatic N) is 2. The van der Waals surface area contributed by atoms with Crippen molar-refractivity contribution in [2.75, 3.05) is 13.7 Å². The largest absolute Gasteiger partial charge is 0.497 e. The topological polar surface area (TPSA) is 66.9 Å². The van der Waals surface area contributed by atoms with Gasteiger partial charge >= 0.3 is 0 Å². The highest BCUT2D eigenvalue weighted by Gasteiger charge is 2.36. The molecule has 3 amide bonds. The van der Waals surface area contributed by atoms with Gasteiger partial charge in [0.2, 0.25) is 5.91 Å². The third-order valence-corrected chi connectivity index (χ3v) is 6.28. The zero-order valence-corrected chi connectivity index (χ0v) is 18.0. The third kappa shape index (κ3) is 4.48. The van der Waals surface area contributed by atoms with Crippen LogP contribution in [-0.2, 0) is 11.3 Å². The van der Waals surface area contributed by atoms with Crippen molar-refractivity contribution in [3.63, 3.8) is 0 Å². The number of carbonyl (C=O) groups is 3. The van der Waals surface area contributed by atoms with Gasteiger partial charge in [-0.15, -0.1) is 0 Å². The number of hydrogen-bond donors (Lipinski definition) is 0. The number of imide groups is 1. The Kier molecular flexibility index (Phi) is 6.07. The van der Waals surface area contributed by atoms with Crippen LogP contribution in [0, 0.1) is 5.92 Å². The van der Waals surface area contributed by atoms with Crippen LogP contribution >= 0.6 is 0 Å². The Bertz CT molecular complexity index is 946. The van der Waals surface area contributed by atoms with Gasteiger partial charge in [-0.05, 0) is 61.9 Å². The van der Waals surface area contributed by atoms with Crippen LogP contribution in [0.2, 0.25) is 0 Å². The monoisotopic (exact) mass is 420 g/mol. The Labute approximate surface area is 182 Å². The molecule has 0 N–H and O–H groups in total. The smallest absolute Gasteiger partial charge is 0.261 e. The number of amides is 3. The Morgan fingerprint density at radius 1 is 1.06 bits per heavy atom. The van der Waals surface area contributed by atoms with E-state index in [2.05, 4.69) is 6.92 Å². The summed E-state index contributed by atoms with van der Waals surface area (Å²) in [6.45, 7) is 2.92. The quantitative estimate of drug-likeness (QED) is 0.577. The molecule has 162 valence electrons. The van der Waals surface area contributed by atoms with E-state index in [1.807, 2.05) is 29.2 Å². The van der Waals surface area contributed by atoms with E-state index in [1.54, 1.807) is 31.4 Å². The molecule has 1 aliphatic heterocycles. The summed E-state index contributed by atoms with van der Waals surface area (Å²) >= 11 is 0. The lowest BCUT2D eigenvalue weighted by atomic mass is 10.1. The molecule has 1 fully saturated rings. The van der Waals surface area contributed by atoms with Crippen LogP contribution in [0.25, 0.3) is 0 Å². The van der Waals surface area contributed by atoms with Crippen molar-refractivity contribution in [2.45, 2.75) is 45.2 Å². The Morgan fingerprint density at radius 3 is 2.23 bits per heavy atom. The van der Waals surface area contributed by atoms with Crippen molar-refractivity contribution in [3.05, 3.63) is 65.2 Å². The van der Waals surface area contributed by atoms with Gasteiger partial charge in [-0.2, -0.15) is 0 Å². The molecule has 1 unspecified atom stereocenters. The highest BCUT2D eigenvalue weighted by molar-refractivity contribution is 6.21. The number of fused-ring (bicyclic) bond motifs is 1. The van der Waals surface area contributed by atoms with Crippen molar-refractivity contribution in [2.24, 2.45) is 5.92 Å². The average Bonchev–Trinajstić information content (AvgIpc) is 3.61. The number of carbonyl (C=O) groups excluding carboxylic acids is 3. The van der Waals surface area contributed by atoms with Gasteiger partial charge in [-0.3, -0.25) is 19.3 Å². The van der Waals surface area contributed by atoms with E-state index in [4.69, 9.17) is 4.74 Å². The lowest BCUT2D eigenvalue weighted by molar-refractivity contribution is -0.134. The van der Waals surface area contributed by atoms with Gasteiger partial charge in [0.15, 0.2) is 0 Å². The predicted octanol–water partition coefficient (Wildman–Crippen LogP) is 3.90. The van der Waals surface area contributed by atoms with Crippen molar-refractivity contribution >= 4 is 17.7 Å². The second-order valence-electron chi connectivity index (χ2n) is 8.36. The van der Waals surface area contributed by atoms with Crippen molar-refractivity contribution in [1.82, 2.24) is 9.80 Å². The molecule has 0 radical (unpaired) electrons. The van der Waals surface area contributed by atoms with E-state index in [0.29, 0.717) is 36.4 Å². The fourth-order valence-electron chi connectivity index (χ4n) is 4.19. The molecule has 2 aromatic rings. The summed E-state index contributed by atoms with van der Waals surface area (Å²) in [5, 5.41) is 0. The first-order valence-electron chi connectivity index (χ1n) is 10.9. The number of ether oxygens (including phenoxy) is 1. The minimum Gasteiger partial charge on any atom is -0.497 e. The summed E-state index contributed by atoms with van der Waals surface area (Å²) < 4.78 is 5.22. The number of benzene rings is 2. The van der Waals surface area contributed by atoms with Gasteiger partial charge in [-0.1, -0.05) is 24.3 Å². The van der Waals surface area contributed by atoms with Crippen LogP contribution in [0.5, 0.6) is 5.75 Å². The second kappa shape index (κ2) is 8.92. The lowest BCUT2D eigenvalue weighted by Crippen LogP contribution is -2.40. The van der Waals surface area contributed by atoms with Crippen LogP contribution in [0.4, 0.5) is 0 Å². The first kappa shape index (κ1) is 21.1. The van der Waals surface area contributed by atoms with Gasteiger partial charge < -0.3 is 9.64 Å². The lowest BCUT2D eigenvalue weighted by Gasteiger charge is -2.30. The molecule has 31 heavy (non-hydrogen) atoms. The van der Waals surface area contributed by atoms with Crippen LogP contribution in [0.1, 0.15) is 58.9 Å². The fraction of sp³-hybridized carbons (Fsp3) is 0.400. The minimum atomic E-state index is -0.269. The van der Waals surface area contributed by atoms with Crippen LogP contribution in [0.15, 0.2) is 48.5 Å². The average molecular weight is 421 g/mol. The van der Waals surface area contributed by atoms with E-state index in [9.17, 15) is 14.4 Å². The molecule has 6 heteroatoms. The molecule has 1 aliphatic carbocycles. The fourth-order valence-corrected chi connectivity index (χ4v) is 4.19. The molecule has 0 aromatic heterocycles. The van der Waals surface area contributed by atoms with Crippen molar-refractivity contribution < 1.29 is 19.1 Å². The van der Waals surface area contributed by atoms with E-state index in [0.717, 1.165) is 24.2 Å². The number of methoxy groups -OCH3 is 1. The van der Waals surface area contributed by atoms with Gasteiger partial charge in [0.05, 0.1) is 18.2 Å². The van der Waals surface area contributed by atoms with Crippen LogP contribution in [-0.4, -0.2) is 47.2 Å². The first-order chi connectivity index (χ1) is 15.0. The Balaban J connectivity index is 1.37. The zero-order valence-electron chi connectivity index (χ0n) is 18.0. The molecular weight excluding hydrogens is 392 g/mol. The minimum absolute atomic E-state index is 0.0619. The van der Waals surface area contributed by atoms with Gasteiger partial charge in [-0.25, -0.2) is 0 Å². The highest BCUT2D eigenvalue weighted by Crippen LogP contribution is 2.36. The van der Waals surface area contributed by atoms with Crippen LogP contribution < -0.4 is 4.74 Å². The van der Waals surface area contributed by atoms with E-state index in [1.165, 1.54) is 4.90 Å². The first-order valence-corrected chi connectivity index (χ1v) is 10.9. The van der Waals surface area contributed by atoms with E-state index in [-0.39, 0.29) is 30.3 Å². The van der Waals surface area contributed by atoms with Crippen LogP contribution in [0.3, 0.4) is 0 Å². The van der Waals surface area contributed by atoms with Gasteiger partial charge in [0.25, 0.3) is 11.8 Å². The van der Waals surface area contributed by atoms with Gasteiger partial charge in [0.1, 0.15) is 5.75 Å². The molecule has 0 bridgehead atoms. The summed E-state index contributed by atoms with van der Waals surface area (Å²) in [6.07, 6.45) is 3.08. The highest BCUT2D eigenvalue weighted by atomic mass is 16.5. The molecule has 0 spiro atoms. The van der Waals surface area contributed by atoms with Gasteiger partial charge in [0, 0.05) is 25.6 Å². The van der Waals surface area contributed by atoms with E-state index >= 15 is 0 Å². The molecule has 4 rings (SSSR count). The van der Waals surface area contributed by atoms with Crippen molar-refractivity contribution in [1.29, 1.82) is 0 Å². The summed E-state index contributed by atoms with van der Waals surface area (Å²) in [5.41, 5.74) is 1.95. The molecule has 6 nitrogen and oxygen atoms in total. The summed E-state index contributed by atoms with van der Waals surface area (Å²) in [4.78, 5) is 41.3. The molecule has 1 atom stereocenters. The molecular formula is C25H28N2O4. The maximum Gasteiger partial charge on any atom is 0.261 e. The number of hydrogen-bond acceptors (Lipinski definition) is 4. The summed E-state index contributed by atoms with van der Waals surface area (Å²) in [6, 6.07) is 14.8. The molecule has 2 aliphatic rings.